The number of ether oxygens (including phenoxy) is 1. The van der Waals surface area contributed by atoms with Crippen LogP contribution in [0, 0.1) is 6.61 Å². The molecule has 0 aromatic carbocycles. The largest absolute Gasteiger partial charge is 1.00 e. The molecule has 138 valence electrons. The van der Waals surface area contributed by atoms with E-state index < -0.39 is 0 Å². The van der Waals surface area contributed by atoms with Crippen LogP contribution < -0.4 is 40.2 Å². The molecule has 8 heteroatoms. The molecular formula is C15H40N2NaO5+3. The van der Waals surface area contributed by atoms with Crippen LogP contribution in [0.3, 0.4) is 0 Å². The summed E-state index contributed by atoms with van der Waals surface area (Å²) in [7, 11) is 1.71. The molecule has 0 saturated heterocycles. The Labute approximate surface area is 165 Å². The average Bonchev–Trinajstić information content (AvgIpc) is 2.38. The minimum Gasteiger partial charge on any atom is -0.396 e. The third-order valence-corrected chi connectivity index (χ3v) is 2.31. The smallest absolute Gasteiger partial charge is 0.396 e. The number of hydrogen-bond acceptors (Lipinski definition) is 5. The fourth-order valence-electron chi connectivity index (χ4n) is 1.34. The van der Waals surface area contributed by atoms with Gasteiger partial charge in [-0.1, -0.05) is 29.7 Å². The maximum Gasteiger partial charge on any atom is 1.00 e. The number of likely N-dealkylation sites (N-methyl/N-ethyl adjacent to an activating group) is 1. The second-order valence-electron chi connectivity index (χ2n) is 3.68. The normalized spacial score (nSPS) is 9.52. The Hall–Kier alpha value is 0.140. The fourth-order valence-corrected chi connectivity index (χ4v) is 1.34. The van der Waals surface area contributed by atoms with Crippen LogP contribution in [-0.2, 0) is 14.4 Å². The van der Waals surface area contributed by atoms with Crippen LogP contribution in [0.25, 0.3) is 0 Å². The van der Waals surface area contributed by atoms with Gasteiger partial charge in [-0.25, -0.2) is 5.26 Å². The summed E-state index contributed by atoms with van der Waals surface area (Å²) in [5.41, 5.74) is 0. The summed E-state index contributed by atoms with van der Waals surface area (Å²) >= 11 is 0. The molecule has 1 atom stereocenters. The van der Waals surface area contributed by atoms with Gasteiger partial charge in [-0.3, -0.25) is 4.79 Å². The van der Waals surface area contributed by atoms with Gasteiger partial charge in [0, 0.05) is 26.2 Å². The van der Waals surface area contributed by atoms with Crippen molar-refractivity contribution in [1.82, 2.24) is 10.6 Å². The van der Waals surface area contributed by atoms with E-state index in [1.807, 2.05) is 0 Å². The first kappa shape index (κ1) is 38.6. The van der Waals surface area contributed by atoms with E-state index in [0.29, 0.717) is 39.0 Å². The first-order valence-electron chi connectivity index (χ1n) is 6.03. The number of hydrogen-bond donors (Lipinski definition) is 3. The molecule has 0 rings (SSSR count). The van der Waals surface area contributed by atoms with Crippen LogP contribution in [0.15, 0.2) is 0 Å². The van der Waals surface area contributed by atoms with Crippen LogP contribution in [0.5, 0.6) is 0 Å². The topological polar surface area (TPSA) is 103 Å². The van der Waals surface area contributed by atoms with Crippen molar-refractivity contribution >= 4 is 5.91 Å². The van der Waals surface area contributed by atoms with Gasteiger partial charge in [0.1, 0.15) is 6.42 Å². The average molecular weight is 351 g/mol. The van der Waals surface area contributed by atoms with Gasteiger partial charge in [-0.15, -0.1) is 0 Å². The molecule has 1 amide bonds. The van der Waals surface area contributed by atoms with Gasteiger partial charge in [-0.2, -0.15) is 0 Å². The number of aliphatic hydroxyl groups excluding tert-OH is 1. The van der Waals surface area contributed by atoms with E-state index in [2.05, 4.69) is 15.5 Å². The Morgan fingerprint density at radius 1 is 1.26 bits per heavy atom. The van der Waals surface area contributed by atoms with Crippen LogP contribution in [0.1, 0.15) is 49.0 Å². The number of carbonyl (C=O) groups excluding carboxylic acids is 1. The fraction of sp³-hybridized carbons (Fsp3) is 0.867. The molecule has 0 aromatic rings. The zero-order valence-corrected chi connectivity index (χ0v) is 13.8. The summed E-state index contributed by atoms with van der Waals surface area (Å²) in [6.07, 6.45) is 1.72. The summed E-state index contributed by atoms with van der Waals surface area (Å²) in [6, 6.07) is -0.297. The third kappa shape index (κ3) is 24.5. The molecule has 5 N–H and O–H groups in total. The Morgan fingerprint density at radius 2 is 1.87 bits per heavy atom. The summed E-state index contributed by atoms with van der Waals surface area (Å²) in [4.78, 5) is 15.8. The zero-order chi connectivity index (χ0) is 13.6. The summed E-state index contributed by atoms with van der Waals surface area (Å²) in [6.45, 7) is 2.83. The van der Waals surface area contributed by atoms with E-state index in [1.54, 1.807) is 7.05 Å². The van der Waals surface area contributed by atoms with Crippen molar-refractivity contribution in [3.63, 3.8) is 0 Å². The second kappa shape index (κ2) is 30.1. The van der Waals surface area contributed by atoms with Crippen molar-refractivity contribution < 1.29 is 54.3 Å². The van der Waals surface area contributed by atoms with E-state index in [4.69, 9.17) is 15.1 Å². The minimum absolute atomic E-state index is 0. The van der Waals surface area contributed by atoms with Crippen molar-refractivity contribution in [1.29, 1.82) is 0 Å². The van der Waals surface area contributed by atoms with Gasteiger partial charge in [0.05, 0.1) is 17.5 Å². The van der Waals surface area contributed by atoms with Crippen LogP contribution >= 0.6 is 0 Å². The predicted octanol–water partition coefficient (Wildman–Crippen LogP) is -1.76. The number of rotatable bonds is 12. The predicted molar refractivity (Wildman–Crippen MR) is 93.5 cm³/mol. The van der Waals surface area contributed by atoms with Gasteiger partial charge in [0.25, 0.3) is 0 Å². The molecule has 0 aliphatic rings. The number of aliphatic hydroxyl groups is 1. The van der Waals surface area contributed by atoms with Gasteiger partial charge in [0.2, 0.25) is 5.91 Å². The van der Waals surface area contributed by atoms with Gasteiger partial charge >= 0.3 is 36.2 Å². The molecule has 0 aromatic heterocycles. The molecule has 0 aliphatic carbocycles. The van der Waals surface area contributed by atoms with E-state index in [0.717, 1.165) is 0 Å². The standard InChI is InChI=1S/C11H22N2O5.4CH4.Na/c1-12-10(4-2-8-18-16)11(15)13-5-9-17-7-3-6-14;;;;;/h8,10,12,14H,2-7,9H2,1H3,(H-,13,15,16);4*1H4;/q;;;;;+1/p+2. The Kier molecular flexibility index (Phi) is 50.5. The molecule has 0 bridgehead atoms. The summed E-state index contributed by atoms with van der Waals surface area (Å²) in [5, 5.41) is 20.7. The number of amides is 1. The maximum absolute atomic E-state index is 11.7. The van der Waals surface area contributed by atoms with Crippen LogP contribution in [-0.4, -0.2) is 55.7 Å². The Bertz CT molecular complexity index is 212. The quantitative estimate of drug-likeness (QED) is 0.0965. The summed E-state index contributed by atoms with van der Waals surface area (Å²) in [5.74, 6) is -0.0957. The minimum atomic E-state index is -0.297. The molecule has 0 heterocycles. The Balaban J connectivity index is -0.000000144. The number of nitrogens with one attached hydrogen (secondary N) is 2. The molecule has 0 saturated carbocycles. The van der Waals surface area contributed by atoms with Crippen molar-refractivity contribution in [3.8, 4) is 0 Å². The van der Waals surface area contributed by atoms with E-state index >= 15 is 0 Å². The first-order chi connectivity index (χ1) is 8.76. The van der Waals surface area contributed by atoms with E-state index in [9.17, 15) is 4.79 Å². The van der Waals surface area contributed by atoms with Crippen molar-refractivity contribution in [2.75, 3.05) is 33.4 Å². The molecule has 23 heavy (non-hydrogen) atoms. The molecule has 1 unspecified atom stereocenters. The van der Waals surface area contributed by atoms with E-state index in [-0.39, 0.29) is 77.8 Å². The SMILES string of the molecule is C.C.C.C.CNC(CC[CH+]O[OH2+])C(=O)NCCOCCCO.[Na+]. The first-order valence-corrected chi connectivity index (χ1v) is 6.03. The molecule has 7 nitrogen and oxygen atoms in total. The van der Waals surface area contributed by atoms with Gasteiger partial charge in [-0.05, 0) is 13.5 Å². The molecule has 0 spiro atoms. The monoisotopic (exact) mass is 351 g/mol. The molecule has 0 fully saturated rings. The third-order valence-electron chi connectivity index (χ3n) is 2.31. The second-order valence-corrected chi connectivity index (χ2v) is 3.68. The zero-order valence-electron chi connectivity index (χ0n) is 11.8. The number of carbonyl (C=O) groups is 1. The van der Waals surface area contributed by atoms with Crippen molar-refractivity contribution in [2.45, 2.75) is 55.0 Å². The van der Waals surface area contributed by atoms with E-state index in [1.165, 1.54) is 6.61 Å². The Morgan fingerprint density at radius 3 is 2.35 bits per heavy atom. The van der Waals surface area contributed by atoms with Crippen LogP contribution in [0.2, 0.25) is 0 Å². The van der Waals surface area contributed by atoms with Gasteiger partial charge < -0.3 is 20.5 Å². The van der Waals surface area contributed by atoms with Crippen LogP contribution in [0.4, 0.5) is 0 Å². The molecular weight excluding hydrogens is 311 g/mol. The van der Waals surface area contributed by atoms with Gasteiger partial charge in [0.15, 0.2) is 0 Å². The molecule has 0 aliphatic heterocycles. The molecule has 0 radical (unpaired) electrons. The van der Waals surface area contributed by atoms with Crippen molar-refractivity contribution in [3.05, 3.63) is 6.61 Å². The van der Waals surface area contributed by atoms with Crippen molar-refractivity contribution in [2.24, 2.45) is 0 Å². The maximum atomic E-state index is 11.7. The summed E-state index contributed by atoms with van der Waals surface area (Å²) < 4.78 is 5.19.